The molecule has 3 aromatic carbocycles. The second-order valence-corrected chi connectivity index (χ2v) is 15.6. The number of hydrogen-bond acceptors (Lipinski definition) is 8. The third kappa shape index (κ3) is 9.72. The van der Waals surface area contributed by atoms with Gasteiger partial charge in [-0.1, -0.05) is 86.8 Å². The molecular formula is C44H51NO6S. The highest BCUT2D eigenvalue weighted by atomic mass is 32.1. The highest BCUT2D eigenvalue weighted by Gasteiger charge is 2.41. The van der Waals surface area contributed by atoms with Gasteiger partial charge in [0.25, 0.3) is 0 Å². The summed E-state index contributed by atoms with van der Waals surface area (Å²) >= 11 is 1.61. The second kappa shape index (κ2) is 18.2. The van der Waals surface area contributed by atoms with Crippen molar-refractivity contribution in [2.24, 2.45) is 11.8 Å². The predicted octanol–water partition coefficient (Wildman–Crippen LogP) is 9.01. The van der Waals surface area contributed by atoms with Crippen LogP contribution in [0.3, 0.4) is 0 Å². The number of Topliss-reactive ketones (excluding diaryl/α,β-unsaturated/α-hetero) is 1. The molecule has 0 amide bonds. The summed E-state index contributed by atoms with van der Waals surface area (Å²) in [5.41, 5.74) is 2.87. The van der Waals surface area contributed by atoms with Crippen molar-refractivity contribution < 1.29 is 29.6 Å². The van der Waals surface area contributed by atoms with Gasteiger partial charge in [-0.3, -0.25) is 14.6 Å². The van der Waals surface area contributed by atoms with Gasteiger partial charge in [0.05, 0.1) is 18.3 Å². The lowest BCUT2D eigenvalue weighted by atomic mass is 9.84. The molecule has 1 aliphatic carbocycles. The summed E-state index contributed by atoms with van der Waals surface area (Å²) in [5.74, 6) is -0.226. The summed E-state index contributed by atoms with van der Waals surface area (Å²) in [6.07, 6.45) is 9.37. The van der Waals surface area contributed by atoms with Crippen molar-refractivity contribution in [1.29, 1.82) is 0 Å². The smallest absolute Gasteiger partial charge is 0.306 e. The highest BCUT2D eigenvalue weighted by Crippen LogP contribution is 2.41. The van der Waals surface area contributed by atoms with Crippen molar-refractivity contribution in [3.63, 3.8) is 0 Å². The zero-order chi connectivity index (χ0) is 36.5. The molecule has 1 aliphatic rings. The molecule has 52 heavy (non-hydrogen) atoms. The van der Waals surface area contributed by atoms with Crippen LogP contribution in [0.2, 0.25) is 0 Å². The fraction of sp³-hybridized carbons (Fsp3) is 0.432. The molecule has 1 fully saturated rings. The number of aliphatic hydroxyl groups excluding tert-OH is 3. The van der Waals surface area contributed by atoms with E-state index < -0.39 is 18.3 Å². The number of hydrogen-bond donors (Lipinski definition) is 3. The van der Waals surface area contributed by atoms with Crippen LogP contribution in [0.4, 0.5) is 0 Å². The lowest BCUT2D eigenvalue weighted by molar-refractivity contribution is -0.145. The van der Waals surface area contributed by atoms with Crippen LogP contribution in [-0.2, 0) is 27.4 Å². The Labute approximate surface area is 310 Å². The van der Waals surface area contributed by atoms with E-state index >= 15 is 0 Å². The molecule has 0 saturated heterocycles. The topological polar surface area (TPSA) is 117 Å². The molecule has 0 spiro atoms. The average Bonchev–Trinajstić information content (AvgIpc) is 3.71. The molecule has 7 nitrogen and oxygen atoms in total. The van der Waals surface area contributed by atoms with Crippen LogP contribution in [0.25, 0.3) is 20.9 Å². The first-order valence-electron chi connectivity index (χ1n) is 18.9. The van der Waals surface area contributed by atoms with Gasteiger partial charge in [0, 0.05) is 46.1 Å². The van der Waals surface area contributed by atoms with Crippen LogP contribution in [0.15, 0.2) is 91.3 Å². The Hall–Kier alpha value is -3.95. The number of ether oxygens (including phenoxy) is 1. The normalized spacial score (nSPS) is 19.9. The summed E-state index contributed by atoms with van der Waals surface area (Å²) in [5, 5.41) is 35.6. The lowest BCUT2D eigenvalue weighted by Crippen LogP contribution is -2.23. The number of carbonyl (C=O) groups is 2. The number of fused-ring (bicyclic) bond motifs is 2. The minimum Gasteiger partial charge on any atom is -0.461 e. The number of esters is 1. The zero-order valence-electron chi connectivity index (χ0n) is 30.0. The maximum Gasteiger partial charge on any atom is 0.306 e. The van der Waals surface area contributed by atoms with Gasteiger partial charge in [-0.2, -0.15) is 0 Å². The molecule has 8 heteroatoms. The third-order valence-corrected chi connectivity index (χ3v) is 12.1. The van der Waals surface area contributed by atoms with Crippen molar-refractivity contribution in [1.82, 2.24) is 4.98 Å². The van der Waals surface area contributed by atoms with E-state index in [0.29, 0.717) is 38.5 Å². The van der Waals surface area contributed by atoms with Crippen molar-refractivity contribution in [3.8, 4) is 0 Å². The molecule has 0 bridgehead atoms. The molecule has 0 aliphatic heterocycles. The zero-order valence-corrected chi connectivity index (χ0v) is 30.8. The molecule has 1 saturated carbocycles. The van der Waals surface area contributed by atoms with Gasteiger partial charge in [-0.25, -0.2) is 0 Å². The number of carbonyl (C=O) groups excluding carboxylic acids is 2. The molecule has 2 heterocycles. The SMILES string of the molecule is CCC(C(=O)Cc1ccc2cnccc2c1)c1ccc(COC(=O)CCCCCC[C@@H]2[C@@H](CC[C@@H](O)c3cc4ccccc4s3)[C@H](O)C[C@@H]2O)cc1. The van der Waals surface area contributed by atoms with E-state index in [0.717, 1.165) is 74.5 Å². The predicted molar refractivity (Wildman–Crippen MR) is 207 cm³/mol. The molecule has 2 aromatic heterocycles. The van der Waals surface area contributed by atoms with E-state index in [1.54, 1.807) is 17.5 Å². The maximum atomic E-state index is 13.3. The first kappa shape index (κ1) is 37.8. The summed E-state index contributed by atoms with van der Waals surface area (Å²) in [6, 6.07) is 26.0. The summed E-state index contributed by atoms with van der Waals surface area (Å²) in [4.78, 5) is 30.8. The van der Waals surface area contributed by atoms with E-state index in [2.05, 4.69) is 29.2 Å². The molecule has 3 N–H and O–H groups in total. The molecule has 274 valence electrons. The first-order valence-corrected chi connectivity index (χ1v) is 19.7. The van der Waals surface area contributed by atoms with E-state index in [1.807, 2.05) is 67.7 Å². The van der Waals surface area contributed by atoms with E-state index in [-0.39, 0.29) is 36.1 Å². The highest BCUT2D eigenvalue weighted by molar-refractivity contribution is 7.19. The minimum absolute atomic E-state index is 0.0225. The van der Waals surface area contributed by atoms with Crippen molar-refractivity contribution in [3.05, 3.63) is 113 Å². The van der Waals surface area contributed by atoms with Gasteiger partial charge in [-0.15, -0.1) is 11.3 Å². The molecule has 6 rings (SSSR count). The monoisotopic (exact) mass is 721 g/mol. The van der Waals surface area contributed by atoms with Crippen LogP contribution in [-0.4, -0.2) is 44.3 Å². The summed E-state index contributed by atoms with van der Waals surface area (Å²) in [6.45, 7) is 2.24. The van der Waals surface area contributed by atoms with Crippen LogP contribution in [0, 0.1) is 11.8 Å². The van der Waals surface area contributed by atoms with E-state index in [1.165, 1.54) is 0 Å². The number of unbranched alkanes of at least 4 members (excludes halogenated alkanes) is 3. The average molecular weight is 722 g/mol. The Morgan fingerprint density at radius 3 is 2.38 bits per heavy atom. The standard InChI is InChI=1S/C44H51NO6S/c1-2-35(39(47)24-30-15-18-34-27-45-22-21-32(34)23-30)31-16-13-29(14-17-31)28-51-44(50)12-6-4-3-5-10-36-37(41(49)26-40(36)48)19-20-38(46)43-25-33-9-7-8-11-42(33)52-43/h7-9,11,13-18,21-23,25,27,35-38,40-41,46,48-49H,2-6,10,12,19-20,24,26,28H2,1H3/t35?,36-,37-,38-,40+,41-/m1/s1. The van der Waals surface area contributed by atoms with Crippen molar-refractivity contribution in [2.45, 2.75) is 108 Å². The van der Waals surface area contributed by atoms with Gasteiger partial charge < -0.3 is 20.1 Å². The maximum absolute atomic E-state index is 13.3. The van der Waals surface area contributed by atoms with E-state index in [9.17, 15) is 24.9 Å². The Morgan fingerprint density at radius 2 is 1.60 bits per heavy atom. The number of thiophene rings is 1. The van der Waals surface area contributed by atoms with Gasteiger partial charge in [0.15, 0.2) is 0 Å². The number of aromatic nitrogens is 1. The van der Waals surface area contributed by atoms with Gasteiger partial charge in [-0.05, 0) is 96.0 Å². The number of nitrogens with zero attached hydrogens (tertiary/aromatic N) is 1. The van der Waals surface area contributed by atoms with Crippen molar-refractivity contribution in [2.75, 3.05) is 0 Å². The largest absolute Gasteiger partial charge is 0.461 e. The minimum atomic E-state index is -0.572. The summed E-state index contributed by atoms with van der Waals surface area (Å²) in [7, 11) is 0. The van der Waals surface area contributed by atoms with Crippen LogP contribution >= 0.6 is 11.3 Å². The fourth-order valence-electron chi connectivity index (χ4n) is 7.94. The number of benzene rings is 3. The van der Waals surface area contributed by atoms with Crippen molar-refractivity contribution >= 4 is 43.9 Å². The molecular weight excluding hydrogens is 671 g/mol. The van der Waals surface area contributed by atoms with Crippen LogP contribution in [0.1, 0.15) is 105 Å². The number of aliphatic hydroxyl groups is 3. The van der Waals surface area contributed by atoms with Gasteiger partial charge in [0.2, 0.25) is 0 Å². The number of pyridine rings is 1. The quantitative estimate of drug-likeness (QED) is 0.0611. The third-order valence-electron chi connectivity index (χ3n) is 10.9. The van der Waals surface area contributed by atoms with Gasteiger partial charge in [0.1, 0.15) is 12.4 Å². The molecule has 6 atom stereocenters. The Balaban J connectivity index is 0.872. The Bertz CT molecular complexity index is 1890. The number of ketones is 1. The second-order valence-electron chi connectivity index (χ2n) is 14.5. The fourth-order valence-corrected chi connectivity index (χ4v) is 9.03. The first-order chi connectivity index (χ1) is 25.3. The molecule has 0 radical (unpaired) electrons. The van der Waals surface area contributed by atoms with Gasteiger partial charge >= 0.3 is 5.97 Å². The molecule has 1 unspecified atom stereocenters. The van der Waals surface area contributed by atoms with Crippen LogP contribution < -0.4 is 0 Å². The summed E-state index contributed by atoms with van der Waals surface area (Å²) < 4.78 is 6.71. The Morgan fingerprint density at radius 1 is 0.846 bits per heavy atom. The van der Waals surface area contributed by atoms with Crippen LogP contribution in [0.5, 0.6) is 0 Å². The molecule has 5 aromatic rings. The van der Waals surface area contributed by atoms with E-state index in [4.69, 9.17) is 4.74 Å². The Kier molecular flexibility index (Phi) is 13.2. The number of rotatable bonds is 18. The lowest BCUT2D eigenvalue weighted by Gasteiger charge is -2.24.